The van der Waals surface area contributed by atoms with Gasteiger partial charge in [-0.1, -0.05) is 209 Å². The molecule has 2 nitrogen and oxygen atoms in total. The summed E-state index contributed by atoms with van der Waals surface area (Å²) < 4.78 is 0. The second kappa shape index (κ2) is 15.1. The van der Waals surface area contributed by atoms with Gasteiger partial charge in [0.05, 0.1) is 0 Å². The van der Waals surface area contributed by atoms with Crippen molar-refractivity contribution in [1.82, 2.24) is 0 Å². The van der Waals surface area contributed by atoms with Crippen LogP contribution in [0.25, 0.3) is 44.5 Å². The Hall–Kier alpha value is -7.36. The van der Waals surface area contributed by atoms with Crippen LogP contribution in [-0.2, 0) is 21.7 Å². The van der Waals surface area contributed by atoms with E-state index in [0.29, 0.717) is 0 Å². The third-order valence-electron chi connectivity index (χ3n) is 16.8. The zero-order chi connectivity index (χ0) is 48.9. The lowest BCUT2D eigenvalue weighted by Crippen LogP contribution is -2.61. The highest BCUT2D eigenvalue weighted by molar-refractivity contribution is 7.00. The first kappa shape index (κ1) is 43.6. The van der Waals surface area contributed by atoms with Crippen LogP contribution in [0.15, 0.2) is 188 Å². The molecule has 9 aromatic carbocycles. The molecule has 0 aromatic heterocycles. The Labute approximate surface area is 421 Å². The lowest BCUT2D eigenvalue weighted by Gasteiger charge is -2.44. The van der Waals surface area contributed by atoms with Crippen molar-refractivity contribution in [3.63, 3.8) is 0 Å². The van der Waals surface area contributed by atoms with Gasteiger partial charge in [0, 0.05) is 45.0 Å². The normalized spacial score (nSPS) is 15.3. The Morgan fingerprint density at radius 3 is 1.13 bits per heavy atom. The Morgan fingerprint density at radius 1 is 0.352 bits per heavy atom. The SMILES string of the molecule is CC(C)(C)c1ccc2c(c1)B1c3cc(C(C)(C)C)ccc3N(c3ccc(-c4cccc5c4-c4ccccc4C5(C)C)cc3)c3cccc(c31)N2c1ccc(-c2cccc3c2-c2ccccc2C3(C)C)cc1. The van der Waals surface area contributed by atoms with Crippen molar-refractivity contribution >= 4 is 57.2 Å². The van der Waals surface area contributed by atoms with Gasteiger partial charge in [-0.15, -0.1) is 0 Å². The van der Waals surface area contributed by atoms with Gasteiger partial charge in [0.15, 0.2) is 0 Å². The van der Waals surface area contributed by atoms with Gasteiger partial charge in [-0.3, -0.25) is 0 Å². The highest BCUT2D eigenvalue weighted by Gasteiger charge is 2.45. The minimum atomic E-state index is -0.0529. The Morgan fingerprint density at radius 2 is 0.718 bits per heavy atom. The van der Waals surface area contributed by atoms with Crippen LogP contribution in [0.5, 0.6) is 0 Å². The van der Waals surface area contributed by atoms with Crippen molar-refractivity contribution in [1.29, 1.82) is 0 Å². The van der Waals surface area contributed by atoms with E-state index in [-0.39, 0.29) is 28.4 Å². The van der Waals surface area contributed by atoms with Crippen molar-refractivity contribution in [2.24, 2.45) is 0 Å². The number of rotatable bonds is 4. The molecule has 2 heterocycles. The van der Waals surface area contributed by atoms with E-state index in [9.17, 15) is 0 Å². The second-order valence-electron chi connectivity index (χ2n) is 23.8. The third-order valence-corrected chi connectivity index (χ3v) is 16.8. The first-order valence-electron chi connectivity index (χ1n) is 25.7. The summed E-state index contributed by atoms with van der Waals surface area (Å²) in [6, 6.07) is 72.1. The van der Waals surface area contributed by atoms with Crippen molar-refractivity contribution in [2.75, 3.05) is 9.80 Å². The van der Waals surface area contributed by atoms with Gasteiger partial charge < -0.3 is 9.80 Å². The summed E-state index contributed by atoms with van der Waals surface area (Å²) in [4.78, 5) is 5.09. The first-order valence-corrected chi connectivity index (χ1v) is 25.7. The molecule has 0 N–H and O–H groups in total. The van der Waals surface area contributed by atoms with Crippen LogP contribution in [0.1, 0.15) is 103 Å². The molecule has 0 amide bonds. The molecular weight excluding hydrogens is 856 g/mol. The van der Waals surface area contributed by atoms with E-state index in [0.717, 1.165) is 11.4 Å². The highest BCUT2D eigenvalue weighted by Crippen LogP contribution is 2.54. The predicted octanol–water partition coefficient (Wildman–Crippen LogP) is 16.3. The van der Waals surface area contributed by atoms with E-state index in [1.165, 1.54) is 117 Å². The standard InChI is InChI=1S/C68H61BN2/c1-65(2,3)44-32-38-58-56(40-44)69-57-41-45(66(4,5)6)33-39-59(57)71(47-36-30-43(31-37-47)49-21-16-25-55-63(49)51-19-12-14-23-53(51)68(55,9)10)61-27-17-26-60(64(61)69)70(58)46-34-28-42(29-35-46)48-20-15-24-54-62(48)50-18-11-13-22-52(50)67(54,7)8/h11-41H,1-10H3. The zero-order valence-corrected chi connectivity index (χ0v) is 42.9. The largest absolute Gasteiger partial charge is 0.311 e. The summed E-state index contributed by atoms with van der Waals surface area (Å²) >= 11 is 0. The summed E-state index contributed by atoms with van der Waals surface area (Å²) in [6.45, 7) is 23.6. The molecule has 4 aliphatic rings. The molecule has 0 bridgehead atoms. The fourth-order valence-electron chi connectivity index (χ4n) is 13.0. The van der Waals surface area contributed by atoms with E-state index in [1.807, 2.05) is 0 Å². The molecule has 13 rings (SSSR count). The van der Waals surface area contributed by atoms with Crippen LogP contribution >= 0.6 is 0 Å². The summed E-state index contributed by atoms with van der Waals surface area (Å²) in [7, 11) is 0. The maximum atomic E-state index is 2.55. The van der Waals surface area contributed by atoms with Gasteiger partial charge in [-0.05, 0) is 154 Å². The molecule has 0 radical (unpaired) electrons. The molecule has 2 aliphatic heterocycles. The summed E-state index contributed by atoms with van der Waals surface area (Å²) in [5.41, 5.74) is 29.9. The van der Waals surface area contributed by atoms with E-state index in [4.69, 9.17) is 0 Å². The summed E-state index contributed by atoms with van der Waals surface area (Å²) in [5.74, 6) is 0. The van der Waals surface area contributed by atoms with Crippen molar-refractivity contribution < 1.29 is 0 Å². The summed E-state index contributed by atoms with van der Waals surface area (Å²) in [5, 5.41) is 0. The van der Waals surface area contributed by atoms with Crippen LogP contribution in [0.4, 0.5) is 34.1 Å². The number of hydrogen-bond acceptors (Lipinski definition) is 2. The van der Waals surface area contributed by atoms with Gasteiger partial charge in [-0.2, -0.15) is 0 Å². The molecule has 9 aromatic rings. The molecule has 3 heteroatoms. The third kappa shape index (κ3) is 6.34. The molecule has 0 saturated heterocycles. The van der Waals surface area contributed by atoms with Gasteiger partial charge in [0.25, 0.3) is 6.71 Å². The van der Waals surface area contributed by atoms with Crippen LogP contribution < -0.4 is 26.2 Å². The molecule has 0 fully saturated rings. The summed E-state index contributed by atoms with van der Waals surface area (Å²) in [6.07, 6.45) is 0. The monoisotopic (exact) mass is 916 g/mol. The van der Waals surface area contributed by atoms with E-state index in [2.05, 4.69) is 267 Å². The van der Waals surface area contributed by atoms with Crippen LogP contribution in [0.3, 0.4) is 0 Å². The van der Waals surface area contributed by atoms with Gasteiger partial charge in [-0.25, -0.2) is 0 Å². The lowest BCUT2D eigenvalue weighted by molar-refractivity contribution is 0.590. The van der Waals surface area contributed by atoms with E-state index in [1.54, 1.807) is 0 Å². The fraction of sp³-hybridized carbons (Fsp3) is 0.206. The smallest absolute Gasteiger partial charge is 0.252 e. The van der Waals surface area contributed by atoms with E-state index >= 15 is 0 Å². The molecule has 0 spiro atoms. The first-order chi connectivity index (χ1) is 34.0. The second-order valence-corrected chi connectivity index (χ2v) is 23.8. The van der Waals surface area contributed by atoms with Crippen molar-refractivity contribution in [3.8, 4) is 44.5 Å². The topological polar surface area (TPSA) is 6.48 Å². The number of fused-ring (bicyclic) bond motifs is 10. The molecular formula is C68H61BN2. The maximum Gasteiger partial charge on any atom is 0.252 e. The molecule has 71 heavy (non-hydrogen) atoms. The number of benzene rings is 9. The van der Waals surface area contributed by atoms with Crippen molar-refractivity contribution in [2.45, 2.75) is 90.9 Å². The number of hydrogen-bond donors (Lipinski definition) is 0. The Balaban J connectivity index is 0.983. The van der Waals surface area contributed by atoms with E-state index < -0.39 is 0 Å². The average molecular weight is 917 g/mol. The quantitative estimate of drug-likeness (QED) is 0.162. The Bertz CT molecular complexity index is 3430. The number of anilines is 6. The molecule has 2 aliphatic carbocycles. The van der Waals surface area contributed by atoms with Gasteiger partial charge >= 0.3 is 0 Å². The van der Waals surface area contributed by atoms with Gasteiger partial charge in [0.2, 0.25) is 0 Å². The molecule has 0 atom stereocenters. The molecule has 0 unspecified atom stereocenters. The number of nitrogens with zero attached hydrogens (tertiary/aromatic N) is 2. The molecule has 346 valence electrons. The lowest BCUT2D eigenvalue weighted by atomic mass is 9.33. The fourth-order valence-corrected chi connectivity index (χ4v) is 13.0. The molecule has 0 saturated carbocycles. The highest BCUT2D eigenvalue weighted by atomic mass is 15.2. The predicted molar refractivity (Wildman–Crippen MR) is 304 cm³/mol. The van der Waals surface area contributed by atoms with Crippen molar-refractivity contribution in [3.05, 3.63) is 221 Å². The maximum absolute atomic E-state index is 2.55. The Kier molecular flexibility index (Phi) is 9.27. The average Bonchev–Trinajstić information content (AvgIpc) is 3.76. The van der Waals surface area contributed by atoms with Crippen LogP contribution in [-0.4, -0.2) is 6.71 Å². The minimum absolute atomic E-state index is 0.0281. The van der Waals surface area contributed by atoms with Crippen LogP contribution in [0.2, 0.25) is 0 Å². The minimum Gasteiger partial charge on any atom is -0.311 e. The van der Waals surface area contributed by atoms with Gasteiger partial charge in [0.1, 0.15) is 0 Å². The van der Waals surface area contributed by atoms with Crippen LogP contribution in [0, 0.1) is 0 Å². The zero-order valence-electron chi connectivity index (χ0n) is 42.9.